The van der Waals surface area contributed by atoms with Crippen molar-refractivity contribution in [1.82, 2.24) is 4.90 Å². The summed E-state index contributed by atoms with van der Waals surface area (Å²) in [5.41, 5.74) is 1.97. The van der Waals surface area contributed by atoms with Crippen molar-refractivity contribution in [3.63, 3.8) is 0 Å². The van der Waals surface area contributed by atoms with E-state index in [9.17, 15) is 4.79 Å². The number of hydrogen-bond acceptors (Lipinski definition) is 3. The van der Waals surface area contributed by atoms with Crippen LogP contribution in [-0.2, 0) is 4.74 Å². The lowest BCUT2D eigenvalue weighted by molar-refractivity contribution is 0.0261. The Balaban J connectivity index is 1.48. The summed E-state index contributed by atoms with van der Waals surface area (Å²) in [6.45, 7) is 5.01. The standard InChI is InChI=1S/C18H26N2O2/c1-14-7-9-16(10-8-14)19-18(21)22-13-15-5-4-12-20-11-3-2-6-17(15)20/h7-10,15,17H,2-6,11-13H2,1H3,(H,19,21)/t15-,17-/m1/s1. The Labute approximate surface area is 132 Å². The fraction of sp³-hybridized carbons (Fsp3) is 0.611. The van der Waals surface area contributed by atoms with Crippen molar-refractivity contribution in [3.8, 4) is 0 Å². The van der Waals surface area contributed by atoms with E-state index in [2.05, 4.69) is 10.2 Å². The molecular weight excluding hydrogens is 276 g/mol. The topological polar surface area (TPSA) is 41.6 Å². The summed E-state index contributed by atoms with van der Waals surface area (Å²) in [5.74, 6) is 0.498. The van der Waals surface area contributed by atoms with Gasteiger partial charge in [0.05, 0.1) is 6.61 Å². The quantitative estimate of drug-likeness (QED) is 0.923. The average molecular weight is 302 g/mol. The van der Waals surface area contributed by atoms with Crippen LogP contribution in [0.15, 0.2) is 24.3 Å². The van der Waals surface area contributed by atoms with Crippen LogP contribution in [0.5, 0.6) is 0 Å². The van der Waals surface area contributed by atoms with Crippen LogP contribution in [0, 0.1) is 12.8 Å². The monoisotopic (exact) mass is 302 g/mol. The molecule has 2 saturated heterocycles. The summed E-state index contributed by atoms with van der Waals surface area (Å²) in [6, 6.07) is 8.39. The summed E-state index contributed by atoms with van der Waals surface area (Å²) in [4.78, 5) is 14.5. The van der Waals surface area contributed by atoms with E-state index in [-0.39, 0.29) is 6.09 Å². The summed E-state index contributed by atoms with van der Waals surface area (Å²) < 4.78 is 5.49. The molecule has 0 radical (unpaired) electrons. The Bertz CT molecular complexity index is 498. The summed E-state index contributed by atoms with van der Waals surface area (Å²) in [7, 11) is 0. The second kappa shape index (κ2) is 7.14. The van der Waals surface area contributed by atoms with E-state index in [1.807, 2.05) is 31.2 Å². The van der Waals surface area contributed by atoms with Gasteiger partial charge in [-0.15, -0.1) is 0 Å². The van der Waals surface area contributed by atoms with Crippen LogP contribution in [0.2, 0.25) is 0 Å². The number of nitrogens with zero attached hydrogens (tertiary/aromatic N) is 1. The van der Waals surface area contributed by atoms with Gasteiger partial charge in [0.15, 0.2) is 0 Å². The molecule has 1 aromatic rings. The van der Waals surface area contributed by atoms with E-state index in [0.29, 0.717) is 18.6 Å². The van der Waals surface area contributed by atoms with Crippen LogP contribution < -0.4 is 5.32 Å². The number of hydrogen-bond donors (Lipinski definition) is 1. The van der Waals surface area contributed by atoms with Crippen molar-refractivity contribution >= 4 is 11.8 Å². The number of carbonyl (C=O) groups is 1. The van der Waals surface area contributed by atoms with Crippen LogP contribution >= 0.6 is 0 Å². The lowest BCUT2D eigenvalue weighted by atomic mass is 9.84. The fourth-order valence-corrected chi connectivity index (χ4v) is 3.75. The molecule has 1 amide bonds. The maximum absolute atomic E-state index is 12.0. The Morgan fingerprint density at radius 3 is 2.77 bits per heavy atom. The first-order valence-electron chi connectivity index (χ1n) is 8.47. The number of nitrogens with one attached hydrogen (secondary N) is 1. The highest BCUT2D eigenvalue weighted by Gasteiger charge is 2.33. The van der Waals surface area contributed by atoms with Gasteiger partial charge < -0.3 is 4.74 Å². The van der Waals surface area contributed by atoms with Gasteiger partial charge >= 0.3 is 6.09 Å². The number of ether oxygens (including phenoxy) is 1. The predicted octanol–water partition coefficient (Wildman–Crippen LogP) is 3.81. The summed E-state index contributed by atoms with van der Waals surface area (Å²) in [5, 5.41) is 2.81. The number of carbonyl (C=O) groups excluding carboxylic acids is 1. The molecule has 4 nitrogen and oxygen atoms in total. The third-order valence-electron chi connectivity index (χ3n) is 4.96. The van der Waals surface area contributed by atoms with Gasteiger partial charge in [-0.05, 0) is 57.8 Å². The molecule has 2 atom stereocenters. The zero-order valence-electron chi connectivity index (χ0n) is 13.4. The first-order chi connectivity index (χ1) is 10.7. The van der Waals surface area contributed by atoms with Gasteiger partial charge in [0, 0.05) is 17.6 Å². The second-order valence-electron chi connectivity index (χ2n) is 6.59. The van der Waals surface area contributed by atoms with E-state index in [4.69, 9.17) is 4.74 Å². The summed E-state index contributed by atoms with van der Waals surface area (Å²) in [6.07, 6.45) is 5.96. The Hall–Kier alpha value is -1.55. The van der Waals surface area contributed by atoms with Gasteiger partial charge in [0.25, 0.3) is 0 Å². The molecule has 0 aromatic heterocycles. The van der Waals surface area contributed by atoms with Crippen molar-refractivity contribution in [3.05, 3.63) is 29.8 Å². The Kier molecular flexibility index (Phi) is 4.98. The van der Waals surface area contributed by atoms with Crippen LogP contribution in [0.3, 0.4) is 0 Å². The van der Waals surface area contributed by atoms with E-state index in [0.717, 1.165) is 5.69 Å². The number of piperidine rings is 2. The number of aryl methyl sites for hydroxylation is 1. The minimum atomic E-state index is -0.336. The highest BCUT2D eigenvalue weighted by molar-refractivity contribution is 5.84. The number of anilines is 1. The largest absolute Gasteiger partial charge is 0.449 e. The first-order valence-corrected chi connectivity index (χ1v) is 8.47. The molecular formula is C18H26N2O2. The lowest BCUT2D eigenvalue weighted by Crippen LogP contribution is -2.49. The van der Waals surface area contributed by atoms with Gasteiger partial charge in [0.1, 0.15) is 0 Å². The number of rotatable bonds is 3. The van der Waals surface area contributed by atoms with Gasteiger partial charge in [-0.3, -0.25) is 10.2 Å². The van der Waals surface area contributed by atoms with Crippen molar-refractivity contribution in [2.75, 3.05) is 25.0 Å². The molecule has 2 aliphatic heterocycles. The van der Waals surface area contributed by atoms with Gasteiger partial charge in [-0.25, -0.2) is 4.79 Å². The van der Waals surface area contributed by atoms with Gasteiger partial charge in [-0.1, -0.05) is 24.1 Å². The van der Waals surface area contributed by atoms with E-state index in [1.165, 1.54) is 50.8 Å². The van der Waals surface area contributed by atoms with E-state index < -0.39 is 0 Å². The predicted molar refractivity (Wildman–Crippen MR) is 88.1 cm³/mol. The van der Waals surface area contributed by atoms with Crippen molar-refractivity contribution < 1.29 is 9.53 Å². The van der Waals surface area contributed by atoms with Gasteiger partial charge in [0.2, 0.25) is 0 Å². The zero-order valence-corrected chi connectivity index (χ0v) is 13.4. The molecule has 1 N–H and O–H groups in total. The third kappa shape index (κ3) is 3.80. The highest BCUT2D eigenvalue weighted by Crippen LogP contribution is 2.31. The molecule has 1 aromatic carbocycles. The highest BCUT2D eigenvalue weighted by atomic mass is 16.5. The molecule has 0 unspecified atom stereocenters. The van der Waals surface area contributed by atoms with Gasteiger partial charge in [-0.2, -0.15) is 0 Å². The van der Waals surface area contributed by atoms with Crippen molar-refractivity contribution in [1.29, 1.82) is 0 Å². The lowest BCUT2D eigenvalue weighted by Gasteiger charge is -2.44. The molecule has 4 heteroatoms. The summed E-state index contributed by atoms with van der Waals surface area (Å²) >= 11 is 0. The Morgan fingerprint density at radius 1 is 1.18 bits per heavy atom. The molecule has 2 heterocycles. The zero-order chi connectivity index (χ0) is 15.4. The first kappa shape index (κ1) is 15.3. The molecule has 3 rings (SSSR count). The maximum Gasteiger partial charge on any atom is 0.411 e. The molecule has 22 heavy (non-hydrogen) atoms. The molecule has 0 bridgehead atoms. The minimum absolute atomic E-state index is 0.336. The normalized spacial score (nSPS) is 25.3. The molecule has 2 fully saturated rings. The fourth-order valence-electron chi connectivity index (χ4n) is 3.75. The molecule has 0 spiro atoms. The average Bonchev–Trinajstić information content (AvgIpc) is 2.55. The van der Waals surface area contributed by atoms with Crippen LogP contribution in [0.4, 0.5) is 10.5 Å². The third-order valence-corrected chi connectivity index (χ3v) is 4.96. The number of benzene rings is 1. The number of amides is 1. The second-order valence-corrected chi connectivity index (χ2v) is 6.59. The van der Waals surface area contributed by atoms with Crippen LogP contribution in [0.25, 0.3) is 0 Å². The Morgan fingerprint density at radius 2 is 1.95 bits per heavy atom. The maximum atomic E-state index is 12.0. The van der Waals surface area contributed by atoms with Crippen LogP contribution in [-0.4, -0.2) is 36.7 Å². The van der Waals surface area contributed by atoms with Crippen LogP contribution in [0.1, 0.15) is 37.7 Å². The van der Waals surface area contributed by atoms with E-state index >= 15 is 0 Å². The molecule has 2 aliphatic rings. The SMILES string of the molecule is Cc1ccc(NC(=O)OC[C@H]2CCCN3CCCC[C@H]23)cc1. The van der Waals surface area contributed by atoms with Crippen molar-refractivity contribution in [2.24, 2.45) is 5.92 Å². The molecule has 120 valence electrons. The van der Waals surface area contributed by atoms with E-state index in [1.54, 1.807) is 0 Å². The molecule has 0 aliphatic carbocycles. The molecule has 0 saturated carbocycles. The number of fused-ring (bicyclic) bond motifs is 1. The smallest absolute Gasteiger partial charge is 0.411 e. The van der Waals surface area contributed by atoms with Crippen molar-refractivity contribution in [2.45, 2.75) is 45.1 Å². The minimum Gasteiger partial charge on any atom is -0.449 e.